The van der Waals surface area contributed by atoms with Crippen LogP contribution in [0.4, 0.5) is 5.69 Å². The molecule has 0 bridgehead atoms. The molecule has 0 unspecified atom stereocenters. The highest BCUT2D eigenvalue weighted by Gasteiger charge is 2.20. The molecule has 24 heavy (non-hydrogen) atoms. The van der Waals surface area contributed by atoms with E-state index < -0.39 is 0 Å². The van der Waals surface area contributed by atoms with Crippen molar-refractivity contribution >= 4 is 11.6 Å². The van der Waals surface area contributed by atoms with Crippen LogP contribution in [-0.2, 0) is 0 Å². The van der Waals surface area contributed by atoms with Crippen LogP contribution in [0.2, 0.25) is 0 Å². The molecule has 0 radical (unpaired) electrons. The average Bonchev–Trinajstić information content (AvgIpc) is 3.17. The third-order valence-corrected chi connectivity index (χ3v) is 3.94. The first-order valence-corrected chi connectivity index (χ1v) is 7.90. The number of carbonyl (C=O) groups is 1. The number of anilines is 1. The number of nitrogens with one attached hydrogen (secondary N) is 5. The number of likely N-dealkylation sites (N-methyl/N-ethyl adjacent to an activating group) is 1. The molecule has 7 nitrogen and oxygen atoms in total. The Labute approximate surface area is 141 Å². The van der Waals surface area contributed by atoms with E-state index in [9.17, 15) is 4.79 Å². The number of carbonyl (C=O) groups excluding carboxylic acids is 1. The Kier molecular flexibility index (Phi) is 5.39. The van der Waals surface area contributed by atoms with Crippen molar-refractivity contribution in [3.8, 4) is 0 Å². The standard InChI is InChI=1S/C17H22N6O/c1-23(13-7-3-2-4-8-13)12-11-18-17(24)15-10-6-5-9-14(15)16-19-21-22-20-16/h2-10,16,19-22H,11-12H2,1H3,(H,18,24). The highest BCUT2D eigenvalue weighted by molar-refractivity contribution is 5.95. The number of hydrogen-bond donors (Lipinski definition) is 5. The Hall–Kier alpha value is -2.45. The van der Waals surface area contributed by atoms with Gasteiger partial charge in [0.05, 0.1) is 0 Å². The van der Waals surface area contributed by atoms with Gasteiger partial charge >= 0.3 is 0 Å². The van der Waals surface area contributed by atoms with E-state index in [0.717, 1.165) is 17.8 Å². The molecule has 0 aromatic heterocycles. The third-order valence-electron chi connectivity index (χ3n) is 3.94. The van der Waals surface area contributed by atoms with E-state index >= 15 is 0 Å². The van der Waals surface area contributed by atoms with Gasteiger partial charge in [-0.05, 0) is 23.8 Å². The van der Waals surface area contributed by atoms with Gasteiger partial charge in [0.25, 0.3) is 5.91 Å². The Morgan fingerprint density at radius 3 is 2.46 bits per heavy atom. The Morgan fingerprint density at radius 2 is 1.71 bits per heavy atom. The van der Waals surface area contributed by atoms with Crippen LogP contribution in [0, 0.1) is 0 Å². The first-order valence-electron chi connectivity index (χ1n) is 7.90. The summed E-state index contributed by atoms with van der Waals surface area (Å²) in [4.78, 5) is 14.6. The second kappa shape index (κ2) is 7.89. The largest absolute Gasteiger partial charge is 0.373 e. The maximum absolute atomic E-state index is 12.5. The highest BCUT2D eigenvalue weighted by atomic mass is 16.1. The molecule has 3 rings (SSSR count). The molecule has 1 heterocycles. The van der Waals surface area contributed by atoms with Crippen LogP contribution in [0.25, 0.3) is 0 Å². The molecule has 1 aliphatic rings. The molecule has 0 spiro atoms. The van der Waals surface area contributed by atoms with Crippen molar-refractivity contribution in [2.24, 2.45) is 0 Å². The van der Waals surface area contributed by atoms with Gasteiger partial charge in [-0.3, -0.25) is 4.79 Å². The van der Waals surface area contributed by atoms with E-state index in [1.807, 2.05) is 49.5 Å². The van der Waals surface area contributed by atoms with Crippen LogP contribution in [0.5, 0.6) is 0 Å². The Bertz CT molecular complexity index is 672. The second-order valence-electron chi connectivity index (χ2n) is 5.57. The summed E-state index contributed by atoms with van der Waals surface area (Å²) in [5.74, 6) is -0.0810. The first kappa shape index (κ1) is 16.4. The summed E-state index contributed by atoms with van der Waals surface area (Å²) in [6, 6.07) is 17.6. The molecular formula is C17H22N6O. The molecule has 1 aliphatic heterocycles. The molecule has 0 atom stereocenters. The van der Waals surface area contributed by atoms with Crippen LogP contribution in [0.1, 0.15) is 22.1 Å². The van der Waals surface area contributed by atoms with Crippen molar-refractivity contribution < 1.29 is 4.79 Å². The minimum absolute atomic E-state index is 0.0810. The maximum atomic E-state index is 12.5. The zero-order valence-corrected chi connectivity index (χ0v) is 13.5. The van der Waals surface area contributed by atoms with E-state index in [1.54, 1.807) is 0 Å². The molecule has 0 saturated carbocycles. The quantitative estimate of drug-likeness (QED) is 0.537. The lowest BCUT2D eigenvalue weighted by atomic mass is 10.0. The van der Waals surface area contributed by atoms with Gasteiger partial charge in [0, 0.05) is 31.4 Å². The van der Waals surface area contributed by atoms with Gasteiger partial charge in [0.15, 0.2) is 0 Å². The van der Waals surface area contributed by atoms with Crippen molar-refractivity contribution in [1.82, 2.24) is 27.2 Å². The Balaban J connectivity index is 1.57. The molecule has 126 valence electrons. The lowest BCUT2D eigenvalue weighted by Crippen LogP contribution is -2.34. The predicted octanol–water partition coefficient (Wildman–Crippen LogP) is 0.668. The molecule has 5 N–H and O–H groups in total. The van der Waals surface area contributed by atoms with Gasteiger partial charge in [-0.25, -0.2) is 10.9 Å². The summed E-state index contributed by atoms with van der Waals surface area (Å²) < 4.78 is 0. The van der Waals surface area contributed by atoms with E-state index in [-0.39, 0.29) is 12.1 Å². The monoisotopic (exact) mass is 326 g/mol. The summed E-state index contributed by atoms with van der Waals surface area (Å²) in [5, 5.41) is 2.99. The molecule has 2 aromatic rings. The molecule has 1 saturated heterocycles. The predicted molar refractivity (Wildman–Crippen MR) is 93.8 cm³/mol. The zero-order chi connectivity index (χ0) is 16.8. The fourth-order valence-electron chi connectivity index (χ4n) is 2.61. The summed E-state index contributed by atoms with van der Waals surface area (Å²) in [7, 11) is 2.01. The number of hydrogen-bond acceptors (Lipinski definition) is 6. The minimum Gasteiger partial charge on any atom is -0.373 e. The first-order chi connectivity index (χ1) is 11.8. The van der Waals surface area contributed by atoms with E-state index in [0.29, 0.717) is 12.1 Å². The van der Waals surface area contributed by atoms with Crippen molar-refractivity contribution in [3.05, 3.63) is 65.7 Å². The summed E-state index contributed by atoms with van der Waals surface area (Å²) in [5.41, 5.74) is 14.2. The van der Waals surface area contributed by atoms with Gasteiger partial charge in [-0.15, -0.1) is 0 Å². The number of benzene rings is 2. The normalized spacial score (nSPS) is 14.5. The van der Waals surface area contributed by atoms with E-state index in [1.165, 1.54) is 0 Å². The summed E-state index contributed by atoms with van der Waals surface area (Å²) in [6.45, 7) is 1.31. The number of amides is 1. The average molecular weight is 326 g/mol. The molecule has 1 fully saturated rings. The van der Waals surface area contributed by atoms with Crippen molar-refractivity contribution in [3.63, 3.8) is 0 Å². The van der Waals surface area contributed by atoms with Crippen molar-refractivity contribution in [2.45, 2.75) is 6.17 Å². The second-order valence-corrected chi connectivity index (χ2v) is 5.57. The van der Waals surface area contributed by atoms with Gasteiger partial charge < -0.3 is 10.2 Å². The number of hydrazine groups is 3. The maximum Gasteiger partial charge on any atom is 0.251 e. The molecular weight excluding hydrogens is 304 g/mol. The summed E-state index contributed by atoms with van der Waals surface area (Å²) >= 11 is 0. The summed E-state index contributed by atoms with van der Waals surface area (Å²) in [6.07, 6.45) is -0.168. The van der Waals surface area contributed by atoms with E-state index in [4.69, 9.17) is 0 Å². The minimum atomic E-state index is -0.168. The van der Waals surface area contributed by atoms with Gasteiger partial charge in [0.1, 0.15) is 6.17 Å². The number of nitrogens with zero attached hydrogens (tertiary/aromatic N) is 1. The fourth-order valence-corrected chi connectivity index (χ4v) is 2.61. The number of rotatable bonds is 6. The molecule has 0 aliphatic carbocycles. The highest BCUT2D eigenvalue weighted by Crippen LogP contribution is 2.16. The van der Waals surface area contributed by atoms with Crippen LogP contribution >= 0.6 is 0 Å². The Morgan fingerprint density at radius 1 is 1.04 bits per heavy atom. The number of para-hydroxylation sites is 1. The van der Waals surface area contributed by atoms with Crippen LogP contribution in [0.3, 0.4) is 0 Å². The third kappa shape index (κ3) is 3.90. The van der Waals surface area contributed by atoms with Crippen LogP contribution in [0.15, 0.2) is 54.6 Å². The smallest absolute Gasteiger partial charge is 0.251 e. The van der Waals surface area contributed by atoms with Crippen LogP contribution in [-0.4, -0.2) is 26.0 Å². The van der Waals surface area contributed by atoms with Crippen molar-refractivity contribution in [2.75, 3.05) is 25.0 Å². The molecule has 2 aromatic carbocycles. The lowest BCUT2D eigenvalue weighted by Gasteiger charge is -2.20. The lowest BCUT2D eigenvalue weighted by molar-refractivity contribution is 0.0953. The van der Waals surface area contributed by atoms with Crippen molar-refractivity contribution in [1.29, 1.82) is 0 Å². The fraction of sp³-hybridized carbons (Fsp3) is 0.235. The van der Waals surface area contributed by atoms with E-state index in [2.05, 4.69) is 44.3 Å². The SMILES string of the molecule is CN(CCNC(=O)c1ccccc1C1NNNN1)c1ccccc1. The van der Waals surface area contributed by atoms with Gasteiger partial charge in [-0.2, -0.15) is 11.1 Å². The topological polar surface area (TPSA) is 80.5 Å². The zero-order valence-electron chi connectivity index (χ0n) is 13.5. The van der Waals surface area contributed by atoms with Gasteiger partial charge in [-0.1, -0.05) is 36.4 Å². The molecule has 7 heteroatoms. The van der Waals surface area contributed by atoms with Gasteiger partial charge in [0.2, 0.25) is 0 Å². The van der Waals surface area contributed by atoms with Crippen LogP contribution < -0.4 is 32.1 Å². The molecule has 1 amide bonds.